The molecular formula is C23H28O3. The highest BCUT2D eigenvalue weighted by molar-refractivity contribution is 5.48. The normalized spacial score (nSPS) is 11.9. The van der Waals surface area contributed by atoms with Crippen molar-refractivity contribution < 1.29 is 14.2 Å². The van der Waals surface area contributed by atoms with Crippen molar-refractivity contribution in [3.63, 3.8) is 0 Å². The van der Waals surface area contributed by atoms with Crippen LogP contribution in [0.15, 0.2) is 61.7 Å². The van der Waals surface area contributed by atoms with Crippen LogP contribution in [0.1, 0.15) is 29.2 Å². The lowest BCUT2D eigenvalue weighted by Gasteiger charge is -2.18. The molecule has 0 amide bonds. The molecular weight excluding hydrogens is 324 g/mol. The Labute approximate surface area is 156 Å². The molecule has 0 heterocycles. The van der Waals surface area contributed by atoms with Crippen LogP contribution in [0.5, 0.6) is 0 Å². The van der Waals surface area contributed by atoms with Gasteiger partial charge < -0.3 is 14.2 Å². The van der Waals surface area contributed by atoms with Crippen LogP contribution in [0.3, 0.4) is 0 Å². The molecule has 0 bridgehead atoms. The van der Waals surface area contributed by atoms with E-state index in [4.69, 9.17) is 14.2 Å². The van der Waals surface area contributed by atoms with Gasteiger partial charge in [0.2, 0.25) is 0 Å². The molecule has 3 heteroatoms. The zero-order chi connectivity index (χ0) is 18.6. The molecule has 0 spiro atoms. The zero-order valence-corrected chi connectivity index (χ0v) is 15.5. The van der Waals surface area contributed by atoms with Gasteiger partial charge in [-0.15, -0.1) is 0 Å². The van der Waals surface area contributed by atoms with Crippen molar-refractivity contribution in [2.24, 2.45) is 0 Å². The van der Waals surface area contributed by atoms with Crippen LogP contribution in [0.25, 0.3) is 12.2 Å². The van der Waals surface area contributed by atoms with Crippen LogP contribution < -0.4 is 0 Å². The highest BCUT2D eigenvalue weighted by Crippen LogP contribution is 2.11. The third kappa shape index (κ3) is 6.96. The van der Waals surface area contributed by atoms with E-state index >= 15 is 0 Å². The number of rotatable bonds is 12. The van der Waals surface area contributed by atoms with Gasteiger partial charge in [0.25, 0.3) is 0 Å². The zero-order valence-electron chi connectivity index (χ0n) is 15.5. The summed E-state index contributed by atoms with van der Waals surface area (Å²) in [7, 11) is 0. The minimum atomic E-state index is -0.102. The molecule has 1 unspecified atom stereocenters. The van der Waals surface area contributed by atoms with Gasteiger partial charge >= 0.3 is 0 Å². The Bertz CT molecular complexity index is 676. The van der Waals surface area contributed by atoms with Crippen molar-refractivity contribution >= 4 is 12.2 Å². The van der Waals surface area contributed by atoms with E-state index in [1.165, 1.54) is 0 Å². The molecule has 3 nitrogen and oxygen atoms in total. The molecule has 0 aliphatic carbocycles. The summed E-state index contributed by atoms with van der Waals surface area (Å²) in [6.07, 6.45) is 3.56. The second kappa shape index (κ2) is 11.4. The lowest BCUT2D eigenvalue weighted by atomic mass is 10.1. The first-order valence-corrected chi connectivity index (χ1v) is 8.95. The maximum atomic E-state index is 6.01. The monoisotopic (exact) mass is 352 g/mol. The maximum Gasteiger partial charge on any atom is 0.105 e. The number of benzene rings is 2. The molecule has 0 fully saturated rings. The second-order valence-electron chi connectivity index (χ2n) is 6.00. The van der Waals surface area contributed by atoms with Crippen LogP contribution >= 0.6 is 0 Å². The fourth-order valence-corrected chi connectivity index (χ4v) is 2.48. The Morgan fingerprint density at radius 1 is 0.846 bits per heavy atom. The molecule has 0 aliphatic heterocycles. The molecule has 0 saturated heterocycles. The van der Waals surface area contributed by atoms with E-state index in [-0.39, 0.29) is 6.10 Å². The van der Waals surface area contributed by atoms with Crippen molar-refractivity contribution in [3.05, 3.63) is 83.9 Å². The lowest BCUT2D eigenvalue weighted by Crippen LogP contribution is -2.25. The van der Waals surface area contributed by atoms with Gasteiger partial charge in [0.1, 0.15) is 6.10 Å². The summed E-state index contributed by atoms with van der Waals surface area (Å²) < 4.78 is 17.4. The highest BCUT2D eigenvalue weighted by Gasteiger charge is 2.10. The number of hydrogen-bond donors (Lipinski definition) is 0. The standard InChI is InChI=1S/C23H28O3/c1-4-19-10-12-21(13-11-19)15-25-18-23(17-24-6-3)26-16-22-9-7-8-20(5-2)14-22/h4-5,7-14,23H,1-2,6,15-18H2,3H3. The highest BCUT2D eigenvalue weighted by atomic mass is 16.6. The summed E-state index contributed by atoms with van der Waals surface area (Å²) in [5.41, 5.74) is 4.44. The summed E-state index contributed by atoms with van der Waals surface area (Å²) in [6.45, 7) is 12.3. The third-order valence-electron chi connectivity index (χ3n) is 3.97. The van der Waals surface area contributed by atoms with E-state index in [0.717, 1.165) is 22.3 Å². The Morgan fingerprint density at radius 3 is 2.27 bits per heavy atom. The second-order valence-corrected chi connectivity index (χ2v) is 6.00. The molecule has 0 aromatic heterocycles. The molecule has 0 N–H and O–H groups in total. The molecule has 0 radical (unpaired) electrons. The molecule has 1 atom stereocenters. The lowest BCUT2D eigenvalue weighted by molar-refractivity contribution is -0.0682. The smallest absolute Gasteiger partial charge is 0.105 e. The van der Waals surface area contributed by atoms with Crippen LogP contribution in [-0.4, -0.2) is 25.9 Å². The van der Waals surface area contributed by atoms with E-state index in [9.17, 15) is 0 Å². The van der Waals surface area contributed by atoms with Gasteiger partial charge in [0.05, 0.1) is 26.4 Å². The van der Waals surface area contributed by atoms with Gasteiger partial charge in [-0.1, -0.05) is 67.8 Å². The summed E-state index contributed by atoms with van der Waals surface area (Å²) in [6, 6.07) is 16.3. The van der Waals surface area contributed by atoms with Gasteiger partial charge in [-0.2, -0.15) is 0 Å². The summed E-state index contributed by atoms with van der Waals surface area (Å²) >= 11 is 0. The first kappa shape index (κ1) is 20.1. The van der Waals surface area contributed by atoms with Crippen molar-refractivity contribution in [1.82, 2.24) is 0 Å². The molecule has 2 aromatic carbocycles. The number of ether oxygens (including phenoxy) is 3. The van der Waals surface area contributed by atoms with Gasteiger partial charge in [0.15, 0.2) is 0 Å². The van der Waals surface area contributed by atoms with E-state index in [1.807, 2.05) is 49.4 Å². The Hall–Kier alpha value is -2.20. The topological polar surface area (TPSA) is 27.7 Å². The first-order chi connectivity index (χ1) is 12.7. The fraction of sp³-hybridized carbons (Fsp3) is 0.304. The van der Waals surface area contributed by atoms with Crippen LogP contribution in [-0.2, 0) is 27.4 Å². The van der Waals surface area contributed by atoms with Gasteiger partial charge in [0, 0.05) is 6.61 Å². The number of hydrogen-bond acceptors (Lipinski definition) is 3. The molecule has 0 saturated carbocycles. The Kier molecular flexibility index (Phi) is 8.84. The molecule has 2 rings (SSSR count). The van der Waals surface area contributed by atoms with Crippen LogP contribution in [0, 0.1) is 0 Å². The van der Waals surface area contributed by atoms with E-state index < -0.39 is 0 Å². The SMILES string of the molecule is C=Cc1ccc(COCC(COCC)OCc2cccc(C=C)c2)cc1. The van der Waals surface area contributed by atoms with Crippen LogP contribution in [0.4, 0.5) is 0 Å². The van der Waals surface area contributed by atoms with Crippen molar-refractivity contribution in [1.29, 1.82) is 0 Å². The van der Waals surface area contributed by atoms with Gasteiger partial charge in [-0.05, 0) is 35.2 Å². The molecule has 26 heavy (non-hydrogen) atoms. The first-order valence-electron chi connectivity index (χ1n) is 8.95. The maximum absolute atomic E-state index is 6.01. The molecule has 0 aliphatic rings. The fourth-order valence-electron chi connectivity index (χ4n) is 2.48. The molecule has 138 valence electrons. The Balaban J connectivity index is 1.83. The third-order valence-corrected chi connectivity index (χ3v) is 3.97. The van der Waals surface area contributed by atoms with E-state index in [2.05, 4.69) is 31.4 Å². The summed E-state index contributed by atoms with van der Waals surface area (Å²) in [4.78, 5) is 0. The predicted octanol–water partition coefficient (Wildman–Crippen LogP) is 5.11. The van der Waals surface area contributed by atoms with Crippen molar-refractivity contribution in [3.8, 4) is 0 Å². The van der Waals surface area contributed by atoms with Gasteiger partial charge in [-0.3, -0.25) is 0 Å². The average molecular weight is 352 g/mol. The van der Waals surface area contributed by atoms with Crippen LogP contribution in [0.2, 0.25) is 0 Å². The summed E-state index contributed by atoms with van der Waals surface area (Å²) in [5.74, 6) is 0. The van der Waals surface area contributed by atoms with Crippen molar-refractivity contribution in [2.75, 3.05) is 19.8 Å². The minimum Gasteiger partial charge on any atom is -0.379 e. The largest absolute Gasteiger partial charge is 0.379 e. The average Bonchev–Trinajstić information content (AvgIpc) is 2.70. The summed E-state index contributed by atoms with van der Waals surface area (Å²) in [5, 5.41) is 0. The Morgan fingerprint density at radius 2 is 1.58 bits per heavy atom. The quantitative estimate of drug-likeness (QED) is 0.531. The van der Waals surface area contributed by atoms with E-state index in [0.29, 0.717) is 33.0 Å². The van der Waals surface area contributed by atoms with Gasteiger partial charge in [-0.25, -0.2) is 0 Å². The van der Waals surface area contributed by atoms with Crippen molar-refractivity contribution in [2.45, 2.75) is 26.2 Å². The molecule has 2 aromatic rings. The predicted molar refractivity (Wildman–Crippen MR) is 108 cm³/mol. The minimum absolute atomic E-state index is 0.102. The van der Waals surface area contributed by atoms with E-state index in [1.54, 1.807) is 0 Å².